The molecule has 3 aromatic rings. The molecule has 1 unspecified atom stereocenters. The summed E-state index contributed by atoms with van der Waals surface area (Å²) in [6.07, 6.45) is -2.54. The second kappa shape index (κ2) is 9.76. The molecule has 2 atom stereocenters. The van der Waals surface area contributed by atoms with E-state index in [1.54, 1.807) is 0 Å². The van der Waals surface area contributed by atoms with Crippen molar-refractivity contribution in [3.05, 3.63) is 83.9 Å². The van der Waals surface area contributed by atoms with Crippen LogP contribution < -0.4 is 14.4 Å². The number of nitrogens with one attached hydrogen (secondary N) is 1. The largest absolute Gasteiger partial charge is 0.573 e. The van der Waals surface area contributed by atoms with Gasteiger partial charge in [0.2, 0.25) is 10.0 Å². The number of hydrogen-bond acceptors (Lipinski definition) is 5. The van der Waals surface area contributed by atoms with Gasteiger partial charge in [-0.3, -0.25) is 0 Å². The van der Waals surface area contributed by atoms with E-state index in [0.29, 0.717) is 13.0 Å². The molecule has 36 heavy (non-hydrogen) atoms. The molecule has 2 aliphatic heterocycles. The first kappa shape index (κ1) is 24.6. The van der Waals surface area contributed by atoms with Crippen LogP contribution in [-0.4, -0.2) is 40.1 Å². The zero-order valence-electron chi connectivity index (χ0n) is 19.2. The number of alkyl halides is 3. The third-order valence-corrected chi connectivity index (χ3v) is 7.94. The maximum atomic E-state index is 13.0. The topological polar surface area (TPSA) is 67.9 Å². The first-order chi connectivity index (χ1) is 17.2. The fourth-order valence-electron chi connectivity index (χ4n) is 4.89. The van der Waals surface area contributed by atoms with Crippen LogP contribution in [0, 0.1) is 0 Å². The van der Waals surface area contributed by atoms with E-state index in [1.165, 1.54) is 11.1 Å². The molecule has 5 rings (SSSR count). The third-order valence-electron chi connectivity index (χ3n) is 6.41. The second-order valence-corrected chi connectivity index (χ2v) is 10.6. The molecule has 1 saturated heterocycles. The number of rotatable bonds is 5. The van der Waals surface area contributed by atoms with Crippen molar-refractivity contribution in [3.63, 3.8) is 0 Å². The highest BCUT2D eigenvalue weighted by molar-refractivity contribution is 7.89. The molecule has 0 saturated carbocycles. The number of sulfonamides is 1. The average molecular weight is 519 g/mol. The molecule has 190 valence electrons. The van der Waals surface area contributed by atoms with Crippen LogP contribution in [0.15, 0.2) is 77.7 Å². The molecule has 2 heterocycles. The maximum absolute atomic E-state index is 13.0. The Balaban J connectivity index is 1.37. The Hall–Kier alpha value is -3.08. The smallest absolute Gasteiger partial charge is 0.406 e. The molecule has 0 aromatic heterocycles. The number of para-hydroxylation sites is 2. The van der Waals surface area contributed by atoms with E-state index in [-0.39, 0.29) is 17.5 Å². The Morgan fingerprint density at radius 2 is 1.44 bits per heavy atom. The molecule has 10 heteroatoms. The number of nitrogens with zero attached hydrogens (tertiary/aromatic N) is 1. The molecule has 0 bridgehead atoms. The second-order valence-electron chi connectivity index (χ2n) is 8.89. The lowest BCUT2D eigenvalue weighted by Crippen LogP contribution is -2.50. The first-order valence-electron chi connectivity index (χ1n) is 11.6. The SMILES string of the molecule is O=S(=O)(N[C@@H]1COCC(N2c3ccccc3CCc3ccccc32)C1)c1ccc(OC(F)(F)F)cc1. The summed E-state index contributed by atoms with van der Waals surface area (Å²) in [4.78, 5) is 2.10. The van der Waals surface area contributed by atoms with Gasteiger partial charge in [0.15, 0.2) is 0 Å². The van der Waals surface area contributed by atoms with Crippen molar-refractivity contribution in [2.45, 2.75) is 42.6 Å². The minimum Gasteiger partial charge on any atom is -0.406 e. The van der Waals surface area contributed by atoms with E-state index >= 15 is 0 Å². The normalized spacial score (nSPS) is 20.2. The van der Waals surface area contributed by atoms with Gasteiger partial charge in [0.25, 0.3) is 0 Å². The lowest BCUT2D eigenvalue weighted by atomic mass is 10.0. The molecule has 3 aromatic carbocycles. The number of anilines is 2. The van der Waals surface area contributed by atoms with Gasteiger partial charge in [0.1, 0.15) is 5.75 Å². The molecule has 0 aliphatic carbocycles. The number of hydrogen-bond donors (Lipinski definition) is 1. The van der Waals surface area contributed by atoms with E-state index in [9.17, 15) is 21.6 Å². The molecule has 1 N–H and O–H groups in total. The van der Waals surface area contributed by atoms with Crippen molar-refractivity contribution in [1.29, 1.82) is 0 Å². The van der Waals surface area contributed by atoms with Crippen LogP contribution >= 0.6 is 0 Å². The van der Waals surface area contributed by atoms with Gasteiger partial charge >= 0.3 is 6.36 Å². The highest BCUT2D eigenvalue weighted by Gasteiger charge is 2.34. The monoisotopic (exact) mass is 518 g/mol. The lowest BCUT2D eigenvalue weighted by molar-refractivity contribution is -0.274. The maximum Gasteiger partial charge on any atom is 0.573 e. The number of fused-ring (bicyclic) bond motifs is 2. The van der Waals surface area contributed by atoms with Gasteiger partial charge in [-0.25, -0.2) is 13.1 Å². The summed E-state index contributed by atoms with van der Waals surface area (Å²) in [6, 6.07) is 19.9. The lowest BCUT2D eigenvalue weighted by Gasteiger charge is -2.39. The van der Waals surface area contributed by atoms with Crippen molar-refractivity contribution in [1.82, 2.24) is 4.72 Å². The van der Waals surface area contributed by atoms with E-state index in [4.69, 9.17) is 4.74 Å². The summed E-state index contributed by atoms with van der Waals surface area (Å²) in [5.41, 5.74) is 4.61. The molecule has 0 radical (unpaired) electrons. The minimum atomic E-state index is -4.85. The van der Waals surface area contributed by atoms with Gasteiger partial charge in [0, 0.05) is 17.4 Å². The quantitative estimate of drug-likeness (QED) is 0.517. The summed E-state index contributed by atoms with van der Waals surface area (Å²) >= 11 is 0. The van der Waals surface area contributed by atoms with Crippen LogP contribution in [0.5, 0.6) is 5.75 Å². The Bertz CT molecular complexity index is 1280. The van der Waals surface area contributed by atoms with Crippen LogP contribution in [0.1, 0.15) is 17.5 Å². The summed E-state index contributed by atoms with van der Waals surface area (Å²) in [5.74, 6) is -0.485. The number of halogens is 3. The van der Waals surface area contributed by atoms with Gasteiger partial charge < -0.3 is 14.4 Å². The van der Waals surface area contributed by atoms with Gasteiger partial charge in [-0.2, -0.15) is 0 Å². The summed E-state index contributed by atoms with van der Waals surface area (Å²) < 4.78 is 75.6. The van der Waals surface area contributed by atoms with Gasteiger partial charge in [0.05, 0.1) is 24.2 Å². The van der Waals surface area contributed by atoms with Crippen molar-refractivity contribution in [2.24, 2.45) is 0 Å². The molecule has 2 aliphatic rings. The van der Waals surface area contributed by atoms with Gasteiger partial charge in [-0.05, 0) is 66.8 Å². The Morgan fingerprint density at radius 1 is 0.861 bits per heavy atom. The van der Waals surface area contributed by atoms with Crippen molar-refractivity contribution >= 4 is 21.4 Å². The zero-order chi connectivity index (χ0) is 25.3. The number of ether oxygens (including phenoxy) is 2. The van der Waals surface area contributed by atoms with Crippen LogP contribution in [0.4, 0.5) is 24.5 Å². The van der Waals surface area contributed by atoms with Crippen LogP contribution in [-0.2, 0) is 27.6 Å². The summed E-state index contributed by atoms with van der Waals surface area (Å²) in [5, 5.41) is 0. The van der Waals surface area contributed by atoms with Crippen LogP contribution in [0.3, 0.4) is 0 Å². The third kappa shape index (κ3) is 5.35. The molecule has 0 amide bonds. The highest BCUT2D eigenvalue weighted by atomic mass is 32.2. The summed E-state index contributed by atoms with van der Waals surface area (Å²) in [7, 11) is -3.99. The molecule has 0 spiro atoms. The summed E-state index contributed by atoms with van der Waals surface area (Å²) in [6.45, 7) is 0.631. The minimum absolute atomic E-state index is 0.116. The average Bonchev–Trinajstić information content (AvgIpc) is 3.00. The standard InChI is InChI=1S/C26H25F3N2O4S/c27-26(28,29)35-22-11-13-23(14-12-22)36(32,33)30-20-15-21(17-34-16-20)31-24-7-3-1-5-18(24)9-10-19-6-2-4-8-25(19)31/h1-8,11-14,20-21,30H,9-10,15-17H2/t20-,21?/m0/s1. The van der Waals surface area contributed by atoms with Crippen molar-refractivity contribution in [2.75, 3.05) is 18.1 Å². The first-order valence-corrected chi connectivity index (χ1v) is 13.1. The van der Waals surface area contributed by atoms with Crippen LogP contribution in [0.2, 0.25) is 0 Å². The van der Waals surface area contributed by atoms with Gasteiger partial charge in [-0.15, -0.1) is 13.2 Å². The Kier molecular flexibility index (Phi) is 6.67. The predicted octanol–water partition coefficient (Wildman–Crippen LogP) is 4.96. The van der Waals surface area contributed by atoms with E-state index in [2.05, 4.69) is 38.6 Å². The van der Waals surface area contributed by atoms with Crippen molar-refractivity contribution in [3.8, 4) is 5.75 Å². The van der Waals surface area contributed by atoms with Crippen molar-refractivity contribution < 1.29 is 31.1 Å². The van der Waals surface area contributed by atoms with E-state index in [0.717, 1.165) is 48.5 Å². The number of benzene rings is 3. The van der Waals surface area contributed by atoms with E-state index in [1.807, 2.05) is 24.3 Å². The molecular formula is C26H25F3N2O4S. The van der Waals surface area contributed by atoms with Crippen LogP contribution in [0.25, 0.3) is 0 Å². The highest BCUT2D eigenvalue weighted by Crippen LogP contribution is 2.39. The molecular weight excluding hydrogens is 493 g/mol. The number of aryl methyl sites for hydroxylation is 2. The zero-order valence-corrected chi connectivity index (χ0v) is 20.1. The van der Waals surface area contributed by atoms with Gasteiger partial charge in [-0.1, -0.05) is 36.4 Å². The predicted molar refractivity (Wildman–Crippen MR) is 129 cm³/mol. The Morgan fingerprint density at radius 3 is 2.03 bits per heavy atom. The van der Waals surface area contributed by atoms with E-state index < -0.39 is 28.2 Å². The molecule has 1 fully saturated rings. The fraction of sp³-hybridized carbons (Fsp3) is 0.308. The Labute approximate surface area is 207 Å². The fourth-order valence-corrected chi connectivity index (χ4v) is 6.12. The molecule has 6 nitrogen and oxygen atoms in total.